The lowest BCUT2D eigenvalue weighted by molar-refractivity contribution is -0.348. The Morgan fingerprint density at radius 1 is 1.09 bits per heavy atom. The van der Waals surface area contributed by atoms with Crippen molar-refractivity contribution in [3.8, 4) is 5.75 Å². The van der Waals surface area contributed by atoms with Crippen LogP contribution >= 0.6 is 11.6 Å². The highest BCUT2D eigenvalue weighted by molar-refractivity contribution is 6.31. The standard InChI is InChI=1S/C23H25ClF2O7/c1-21(2,30)22-10-32-23(33-22,20(29)18(27)19(22)28)13-5-6-14(24)12(9-13)8-11-4-7-15(31-3)17(26)16(11)25/h4-7,9,18-20,27-30H,8,10H2,1-3H3/t18-,19-,20+,22+,23-/m0/s1. The zero-order valence-corrected chi connectivity index (χ0v) is 18.9. The number of aliphatic hydroxyl groups is 4. The number of hydrogen-bond acceptors (Lipinski definition) is 7. The molecule has 0 aliphatic carbocycles. The normalized spacial score (nSPS) is 31.6. The smallest absolute Gasteiger partial charge is 0.225 e. The molecule has 2 aliphatic heterocycles. The highest BCUT2D eigenvalue weighted by Crippen LogP contribution is 2.53. The number of rotatable bonds is 5. The van der Waals surface area contributed by atoms with Crippen molar-refractivity contribution in [1.29, 1.82) is 0 Å². The molecule has 5 atom stereocenters. The van der Waals surface area contributed by atoms with E-state index in [2.05, 4.69) is 0 Å². The molecule has 2 aromatic carbocycles. The number of aliphatic hydroxyl groups excluding tert-OH is 3. The summed E-state index contributed by atoms with van der Waals surface area (Å²) in [5.41, 5.74) is -2.76. The van der Waals surface area contributed by atoms with Gasteiger partial charge in [-0.05, 0) is 43.2 Å². The summed E-state index contributed by atoms with van der Waals surface area (Å²) in [5, 5.41) is 42.9. The van der Waals surface area contributed by atoms with Gasteiger partial charge in [-0.3, -0.25) is 0 Å². The number of fused-ring (bicyclic) bond motifs is 2. The van der Waals surface area contributed by atoms with E-state index in [0.717, 1.165) is 0 Å². The molecule has 0 saturated carbocycles. The Kier molecular flexibility index (Phi) is 5.98. The van der Waals surface area contributed by atoms with E-state index in [1.807, 2.05) is 0 Å². The molecular formula is C23H25ClF2O7. The number of ether oxygens (including phenoxy) is 3. The molecule has 4 rings (SSSR count). The van der Waals surface area contributed by atoms with Crippen LogP contribution < -0.4 is 4.74 Å². The lowest BCUT2D eigenvalue weighted by atomic mass is 9.75. The minimum atomic E-state index is -1.93. The molecule has 0 aromatic heterocycles. The van der Waals surface area contributed by atoms with Crippen molar-refractivity contribution in [3.63, 3.8) is 0 Å². The summed E-state index contributed by atoms with van der Waals surface area (Å²) in [4.78, 5) is 0. The summed E-state index contributed by atoms with van der Waals surface area (Å²) in [5.74, 6) is -4.37. The minimum Gasteiger partial charge on any atom is -0.494 e. The second kappa shape index (κ2) is 8.13. The van der Waals surface area contributed by atoms with Gasteiger partial charge in [-0.15, -0.1) is 0 Å². The van der Waals surface area contributed by atoms with Gasteiger partial charge in [0.05, 0.1) is 19.3 Å². The van der Waals surface area contributed by atoms with Crippen molar-refractivity contribution < 1.29 is 43.4 Å². The summed E-state index contributed by atoms with van der Waals surface area (Å²) in [6.45, 7) is 2.48. The van der Waals surface area contributed by atoms with E-state index in [1.54, 1.807) is 0 Å². The number of hydrogen-bond donors (Lipinski definition) is 4. The van der Waals surface area contributed by atoms with Crippen LogP contribution in [0.15, 0.2) is 30.3 Å². The van der Waals surface area contributed by atoms with Crippen molar-refractivity contribution in [3.05, 3.63) is 63.7 Å². The van der Waals surface area contributed by atoms with Gasteiger partial charge >= 0.3 is 0 Å². The Balaban J connectivity index is 1.76. The molecule has 2 aliphatic rings. The van der Waals surface area contributed by atoms with E-state index in [-0.39, 0.29) is 34.9 Å². The van der Waals surface area contributed by atoms with Crippen LogP contribution in [0.5, 0.6) is 5.75 Å². The zero-order chi connectivity index (χ0) is 24.3. The lowest BCUT2D eigenvalue weighted by Gasteiger charge is -2.50. The maximum Gasteiger partial charge on any atom is 0.225 e. The van der Waals surface area contributed by atoms with E-state index < -0.39 is 46.9 Å². The number of benzene rings is 2. The fourth-order valence-electron chi connectivity index (χ4n) is 4.48. The van der Waals surface area contributed by atoms with Gasteiger partial charge < -0.3 is 34.6 Å². The second-order valence-corrected chi connectivity index (χ2v) is 9.33. The predicted octanol–water partition coefficient (Wildman–Crippen LogP) is 2.02. The van der Waals surface area contributed by atoms with Crippen molar-refractivity contribution in [2.24, 2.45) is 0 Å². The summed E-state index contributed by atoms with van der Waals surface area (Å²) >= 11 is 6.31. The molecule has 0 spiro atoms. The Hall–Kier alpha value is -1.85. The Labute approximate surface area is 194 Å². The summed E-state index contributed by atoms with van der Waals surface area (Å²) in [6, 6.07) is 7.12. The van der Waals surface area contributed by atoms with Crippen LogP contribution in [0.4, 0.5) is 8.78 Å². The molecule has 4 N–H and O–H groups in total. The van der Waals surface area contributed by atoms with Crippen molar-refractivity contribution >= 4 is 11.6 Å². The van der Waals surface area contributed by atoms with E-state index in [4.69, 9.17) is 25.8 Å². The molecule has 180 valence electrons. The van der Waals surface area contributed by atoms with Gasteiger partial charge in [0.15, 0.2) is 17.2 Å². The predicted molar refractivity (Wildman–Crippen MR) is 113 cm³/mol. The third kappa shape index (κ3) is 3.54. The molecule has 10 heteroatoms. The fourth-order valence-corrected chi connectivity index (χ4v) is 4.67. The van der Waals surface area contributed by atoms with Crippen molar-refractivity contribution in [2.45, 2.75) is 55.6 Å². The third-order valence-corrected chi connectivity index (χ3v) is 6.93. The molecule has 0 radical (unpaired) electrons. The van der Waals surface area contributed by atoms with Gasteiger partial charge in [0.25, 0.3) is 0 Å². The summed E-state index contributed by atoms with van der Waals surface area (Å²) < 4.78 is 45.3. The average Bonchev–Trinajstić information content (AvgIpc) is 3.17. The van der Waals surface area contributed by atoms with E-state index in [0.29, 0.717) is 5.56 Å². The first-order chi connectivity index (χ1) is 15.4. The first kappa shape index (κ1) is 24.3. The maximum absolute atomic E-state index is 14.5. The zero-order valence-electron chi connectivity index (χ0n) is 18.2. The summed E-state index contributed by atoms with van der Waals surface area (Å²) in [6.07, 6.45) is -5.14. The van der Waals surface area contributed by atoms with Gasteiger partial charge in [0.1, 0.15) is 18.3 Å². The van der Waals surface area contributed by atoms with Crippen LogP contribution in [0.3, 0.4) is 0 Å². The largest absolute Gasteiger partial charge is 0.494 e. The molecule has 7 nitrogen and oxygen atoms in total. The van der Waals surface area contributed by atoms with Crippen LogP contribution in [0.1, 0.15) is 30.5 Å². The minimum absolute atomic E-state index is 0.0172. The Bertz CT molecular complexity index is 1080. The SMILES string of the molecule is COc1ccc(Cc2cc([C@]34OC[C@@](C(C)(C)O)(O3)[C@@H](O)[C@H](O)[C@H]4O)ccc2Cl)c(F)c1F. The highest BCUT2D eigenvalue weighted by atomic mass is 35.5. The fraction of sp³-hybridized carbons (Fsp3) is 0.478. The number of halogens is 3. The molecule has 0 amide bonds. The van der Waals surface area contributed by atoms with Crippen LogP contribution in [-0.2, 0) is 21.7 Å². The molecular weight excluding hydrogens is 462 g/mol. The van der Waals surface area contributed by atoms with E-state index in [1.165, 1.54) is 51.3 Å². The van der Waals surface area contributed by atoms with Crippen LogP contribution in [0.25, 0.3) is 0 Å². The Morgan fingerprint density at radius 2 is 1.79 bits per heavy atom. The molecule has 2 fully saturated rings. The molecule has 2 heterocycles. The van der Waals surface area contributed by atoms with E-state index in [9.17, 15) is 29.2 Å². The first-order valence-corrected chi connectivity index (χ1v) is 10.7. The molecule has 33 heavy (non-hydrogen) atoms. The van der Waals surface area contributed by atoms with Crippen molar-refractivity contribution in [1.82, 2.24) is 0 Å². The quantitative estimate of drug-likeness (QED) is 0.512. The number of methoxy groups -OCH3 is 1. The molecule has 2 aromatic rings. The van der Waals surface area contributed by atoms with Gasteiger partial charge in [-0.2, -0.15) is 4.39 Å². The molecule has 0 unspecified atom stereocenters. The first-order valence-electron chi connectivity index (χ1n) is 10.3. The summed E-state index contributed by atoms with van der Waals surface area (Å²) in [7, 11) is 1.23. The van der Waals surface area contributed by atoms with Gasteiger partial charge in [-0.1, -0.05) is 23.7 Å². The highest BCUT2D eigenvalue weighted by Gasteiger charge is 2.71. The van der Waals surface area contributed by atoms with Crippen LogP contribution in [-0.4, -0.2) is 63.7 Å². The van der Waals surface area contributed by atoms with Gasteiger partial charge in [-0.25, -0.2) is 4.39 Å². The maximum atomic E-state index is 14.5. The van der Waals surface area contributed by atoms with E-state index >= 15 is 0 Å². The third-order valence-electron chi connectivity index (χ3n) is 6.56. The van der Waals surface area contributed by atoms with Crippen LogP contribution in [0.2, 0.25) is 5.02 Å². The van der Waals surface area contributed by atoms with Gasteiger partial charge in [0.2, 0.25) is 11.6 Å². The molecule has 2 bridgehead atoms. The molecule has 2 saturated heterocycles. The topological polar surface area (TPSA) is 109 Å². The average molecular weight is 487 g/mol. The van der Waals surface area contributed by atoms with Gasteiger partial charge in [0, 0.05) is 17.0 Å². The lowest BCUT2D eigenvalue weighted by Crippen LogP contribution is -2.70. The second-order valence-electron chi connectivity index (χ2n) is 8.92. The monoisotopic (exact) mass is 486 g/mol. The Morgan fingerprint density at radius 3 is 2.42 bits per heavy atom. The van der Waals surface area contributed by atoms with Crippen molar-refractivity contribution in [2.75, 3.05) is 13.7 Å². The van der Waals surface area contributed by atoms with Crippen LogP contribution in [0, 0.1) is 11.6 Å².